The van der Waals surface area contributed by atoms with Gasteiger partial charge >= 0.3 is 0 Å². The van der Waals surface area contributed by atoms with E-state index in [9.17, 15) is 17.9 Å². The molecule has 0 radical (unpaired) electrons. The van der Waals surface area contributed by atoms with Crippen molar-refractivity contribution in [3.63, 3.8) is 0 Å². The Hall–Kier alpha value is -1.06. The fourth-order valence-corrected chi connectivity index (χ4v) is 3.43. The topological polar surface area (TPSA) is 78.9 Å². The van der Waals surface area contributed by atoms with E-state index in [1.54, 1.807) is 6.07 Å². The summed E-state index contributed by atoms with van der Waals surface area (Å²) in [6.07, 6.45) is -0.791. The van der Waals surface area contributed by atoms with E-state index >= 15 is 0 Å². The fourth-order valence-electron chi connectivity index (χ4n) is 2.27. The molecule has 0 saturated carbocycles. The molecule has 1 atom stereocenters. The third-order valence-corrected chi connectivity index (χ3v) is 4.68. The van der Waals surface area contributed by atoms with E-state index in [2.05, 4.69) is 4.72 Å². The van der Waals surface area contributed by atoms with Crippen molar-refractivity contribution >= 4 is 10.0 Å². The highest BCUT2D eigenvalue weighted by molar-refractivity contribution is 7.88. The van der Waals surface area contributed by atoms with Crippen molar-refractivity contribution < 1.29 is 22.7 Å². The van der Waals surface area contributed by atoms with E-state index in [1.807, 2.05) is 4.90 Å². The number of morpholine rings is 1. The molecule has 22 heavy (non-hydrogen) atoms. The summed E-state index contributed by atoms with van der Waals surface area (Å²) < 4.78 is 44.5. The molecule has 1 aliphatic heterocycles. The highest BCUT2D eigenvalue weighted by Gasteiger charge is 2.18. The van der Waals surface area contributed by atoms with E-state index in [-0.39, 0.29) is 12.3 Å². The summed E-state index contributed by atoms with van der Waals surface area (Å²) in [4.78, 5) is 2.02. The van der Waals surface area contributed by atoms with Gasteiger partial charge < -0.3 is 9.84 Å². The number of ether oxygens (including phenoxy) is 1. The average molecular weight is 332 g/mol. The van der Waals surface area contributed by atoms with E-state index in [4.69, 9.17) is 4.74 Å². The Bertz CT molecular complexity index is 576. The molecule has 1 heterocycles. The summed E-state index contributed by atoms with van der Waals surface area (Å²) >= 11 is 0. The molecule has 0 amide bonds. The van der Waals surface area contributed by atoms with Crippen LogP contribution in [0.3, 0.4) is 0 Å². The summed E-state index contributed by atoms with van der Waals surface area (Å²) in [5.74, 6) is -0.783. The van der Waals surface area contributed by atoms with Crippen LogP contribution in [0, 0.1) is 5.82 Å². The second-order valence-electron chi connectivity index (χ2n) is 5.30. The third kappa shape index (κ3) is 5.98. The van der Waals surface area contributed by atoms with Crippen molar-refractivity contribution in [3.8, 4) is 0 Å². The molecule has 0 spiro atoms. The Morgan fingerprint density at radius 3 is 2.77 bits per heavy atom. The number of β-amino-alcohol motifs (C(OH)–C–C–N with tert-alkyl or cyclic N) is 1. The normalized spacial score (nSPS) is 18.3. The number of hydrogen-bond acceptors (Lipinski definition) is 5. The fraction of sp³-hybridized carbons (Fsp3) is 0.571. The maximum atomic E-state index is 13.0. The van der Waals surface area contributed by atoms with Crippen LogP contribution in [0.1, 0.15) is 5.56 Å². The maximum Gasteiger partial charge on any atom is 0.215 e. The molecule has 0 aliphatic carbocycles. The maximum absolute atomic E-state index is 13.0. The molecule has 2 rings (SSSR count). The number of rotatable bonds is 7. The molecule has 1 aliphatic rings. The first-order chi connectivity index (χ1) is 10.4. The van der Waals surface area contributed by atoms with Gasteiger partial charge in [0.25, 0.3) is 0 Å². The molecule has 1 aromatic rings. The van der Waals surface area contributed by atoms with E-state index in [1.165, 1.54) is 18.2 Å². The van der Waals surface area contributed by atoms with Crippen molar-refractivity contribution in [2.45, 2.75) is 11.9 Å². The monoisotopic (exact) mass is 332 g/mol. The Kier molecular flexibility index (Phi) is 6.27. The molecule has 0 aromatic heterocycles. The largest absolute Gasteiger partial charge is 0.390 e. The van der Waals surface area contributed by atoms with E-state index in [0.29, 0.717) is 25.3 Å². The van der Waals surface area contributed by atoms with Crippen molar-refractivity contribution in [1.82, 2.24) is 9.62 Å². The first kappa shape index (κ1) is 17.3. The Morgan fingerprint density at radius 2 is 2.09 bits per heavy atom. The molecular formula is C14H21FN2O4S. The van der Waals surface area contributed by atoms with Crippen LogP contribution in [0.2, 0.25) is 0 Å². The van der Waals surface area contributed by atoms with Crippen molar-refractivity contribution in [1.29, 1.82) is 0 Å². The van der Waals surface area contributed by atoms with Gasteiger partial charge in [-0.3, -0.25) is 4.90 Å². The molecule has 2 N–H and O–H groups in total. The van der Waals surface area contributed by atoms with Crippen LogP contribution in [0.15, 0.2) is 24.3 Å². The van der Waals surface area contributed by atoms with Gasteiger partial charge in [0.05, 0.1) is 25.1 Å². The van der Waals surface area contributed by atoms with Gasteiger partial charge in [0, 0.05) is 26.2 Å². The second-order valence-corrected chi connectivity index (χ2v) is 7.11. The van der Waals surface area contributed by atoms with Gasteiger partial charge in [0.1, 0.15) is 5.82 Å². The first-order valence-corrected chi connectivity index (χ1v) is 8.80. The predicted octanol–water partition coefficient (Wildman–Crippen LogP) is -0.0618. The number of hydrogen-bond donors (Lipinski definition) is 2. The molecular weight excluding hydrogens is 311 g/mol. The van der Waals surface area contributed by atoms with Crippen LogP contribution in [0.5, 0.6) is 0 Å². The third-order valence-electron chi connectivity index (χ3n) is 3.36. The van der Waals surface area contributed by atoms with Crippen molar-refractivity contribution in [2.24, 2.45) is 0 Å². The molecule has 0 bridgehead atoms. The first-order valence-electron chi connectivity index (χ1n) is 7.14. The molecule has 1 aromatic carbocycles. The summed E-state index contributed by atoms with van der Waals surface area (Å²) in [5.41, 5.74) is 0.371. The highest BCUT2D eigenvalue weighted by Crippen LogP contribution is 2.07. The van der Waals surface area contributed by atoms with Gasteiger partial charge in [0.2, 0.25) is 10.0 Å². The van der Waals surface area contributed by atoms with Crippen LogP contribution in [-0.4, -0.2) is 63.9 Å². The Morgan fingerprint density at radius 1 is 1.36 bits per heavy atom. The zero-order valence-corrected chi connectivity index (χ0v) is 13.1. The standard InChI is InChI=1S/C14H21FN2O4S/c15-13-3-1-2-12(8-13)11-22(19,20)16-9-14(18)10-17-4-6-21-7-5-17/h1-3,8,14,16,18H,4-7,9-11H2/t14-/m0/s1. The minimum atomic E-state index is -3.61. The average Bonchev–Trinajstić information content (AvgIpc) is 2.46. The molecule has 124 valence electrons. The number of nitrogens with zero attached hydrogens (tertiary/aromatic N) is 1. The van der Waals surface area contributed by atoms with Gasteiger partial charge in [0.15, 0.2) is 0 Å². The lowest BCUT2D eigenvalue weighted by Crippen LogP contribution is -2.44. The van der Waals surface area contributed by atoms with Crippen LogP contribution in [-0.2, 0) is 20.5 Å². The second kappa shape index (κ2) is 7.98. The lowest BCUT2D eigenvalue weighted by Gasteiger charge is -2.28. The number of aliphatic hydroxyl groups excluding tert-OH is 1. The number of aliphatic hydroxyl groups is 1. The van der Waals surface area contributed by atoms with Crippen LogP contribution >= 0.6 is 0 Å². The van der Waals surface area contributed by atoms with Crippen LogP contribution in [0.25, 0.3) is 0 Å². The lowest BCUT2D eigenvalue weighted by molar-refractivity contribution is 0.0158. The SMILES string of the molecule is O=S(=O)(Cc1cccc(F)c1)NC[C@H](O)CN1CCOCC1. The van der Waals surface area contributed by atoms with Gasteiger partial charge in [-0.25, -0.2) is 17.5 Å². The summed E-state index contributed by atoms with van der Waals surface area (Å²) in [6, 6.07) is 5.46. The van der Waals surface area contributed by atoms with E-state index < -0.39 is 21.9 Å². The number of sulfonamides is 1. The van der Waals surface area contributed by atoms with Crippen LogP contribution < -0.4 is 4.72 Å². The molecule has 1 saturated heterocycles. The molecule has 8 heteroatoms. The van der Waals surface area contributed by atoms with Gasteiger partial charge in [-0.05, 0) is 17.7 Å². The van der Waals surface area contributed by atoms with Crippen molar-refractivity contribution in [2.75, 3.05) is 39.4 Å². The molecule has 0 unspecified atom stereocenters. The lowest BCUT2D eigenvalue weighted by atomic mass is 10.2. The summed E-state index contributed by atoms with van der Waals surface area (Å²) in [6.45, 7) is 3.04. The van der Waals surface area contributed by atoms with Crippen molar-refractivity contribution in [3.05, 3.63) is 35.6 Å². The highest BCUT2D eigenvalue weighted by atomic mass is 32.2. The zero-order chi connectivity index (χ0) is 16.0. The van der Waals surface area contributed by atoms with Gasteiger partial charge in [-0.1, -0.05) is 12.1 Å². The van der Waals surface area contributed by atoms with Crippen LogP contribution in [0.4, 0.5) is 4.39 Å². The number of benzene rings is 1. The van der Waals surface area contributed by atoms with Gasteiger partial charge in [-0.2, -0.15) is 0 Å². The Balaban J connectivity index is 1.78. The minimum Gasteiger partial charge on any atom is -0.390 e. The number of halogens is 1. The minimum absolute atomic E-state index is 0.0605. The predicted molar refractivity (Wildman–Crippen MR) is 80.3 cm³/mol. The summed E-state index contributed by atoms with van der Waals surface area (Å²) in [5, 5.41) is 9.91. The molecule has 1 fully saturated rings. The number of nitrogens with one attached hydrogen (secondary N) is 1. The smallest absolute Gasteiger partial charge is 0.215 e. The molecule has 6 nitrogen and oxygen atoms in total. The zero-order valence-electron chi connectivity index (χ0n) is 12.2. The quantitative estimate of drug-likeness (QED) is 0.731. The van der Waals surface area contributed by atoms with Gasteiger partial charge in [-0.15, -0.1) is 0 Å². The van der Waals surface area contributed by atoms with E-state index in [0.717, 1.165) is 13.1 Å². The summed E-state index contributed by atoms with van der Waals surface area (Å²) in [7, 11) is -3.61. The Labute approximate surface area is 129 Å².